The number of anilines is 1. The monoisotopic (exact) mass is 355 g/mol. The number of hydrogen-bond donors (Lipinski definition) is 3. The van der Waals surface area contributed by atoms with Gasteiger partial charge in [0.05, 0.1) is 23.4 Å². The summed E-state index contributed by atoms with van der Waals surface area (Å²) >= 11 is 0. The largest absolute Gasteiger partial charge is 0.481 e. The molecule has 0 fully saturated rings. The minimum atomic E-state index is -0.905. The summed E-state index contributed by atoms with van der Waals surface area (Å²) in [6.07, 6.45) is 2.88. The molecule has 0 saturated carbocycles. The van der Waals surface area contributed by atoms with Crippen molar-refractivity contribution >= 4 is 33.9 Å². The maximum absolute atomic E-state index is 13.6. The van der Waals surface area contributed by atoms with Gasteiger partial charge in [-0.05, 0) is 12.1 Å². The molecule has 9 nitrogen and oxygen atoms in total. The smallest absolute Gasteiger partial charge is 0.305 e. The molecule has 132 valence electrons. The van der Waals surface area contributed by atoms with Gasteiger partial charge in [0.1, 0.15) is 23.0 Å². The van der Waals surface area contributed by atoms with Crippen LogP contribution in [0.1, 0.15) is 6.42 Å². The zero-order valence-electron chi connectivity index (χ0n) is 13.7. The third kappa shape index (κ3) is 2.70. The molecule has 0 saturated heterocycles. The van der Waals surface area contributed by atoms with Gasteiger partial charge in [-0.2, -0.15) is 5.10 Å². The van der Waals surface area contributed by atoms with Crippen molar-refractivity contribution in [2.75, 3.05) is 11.9 Å². The standard InChI is InChI=1S/C16H14FN7O2/c1-24-5-3-9-13(18-4-2-11(25)26)20-15(21-16(9)24)12-10-6-8(17)7-19-14(10)23-22-12/h3,5-7H,2,4H2,1H3,(H,25,26)(H,18,20,21)(H,19,22,23). The Bertz CT molecular complexity index is 1130. The lowest BCUT2D eigenvalue weighted by Crippen LogP contribution is -2.10. The Kier molecular flexibility index (Phi) is 3.72. The summed E-state index contributed by atoms with van der Waals surface area (Å²) < 4.78 is 15.4. The molecular weight excluding hydrogens is 341 g/mol. The molecule has 0 bridgehead atoms. The quantitative estimate of drug-likeness (QED) is 0.500. The highest BCUT2D eigenvalue weighted by molar-refractivity contribution is 5.93. The summed E-state index contributed by atoms with van der Waals surface area (Å²) in [4.78, 5) is 23.7. The lowest BCUT2D eigenvalue weighted by atomic mass is 10.2. The third-order valence-electron chi connectivity index (χ3n) is 3.96. The zero-order valence-corrected chi connectivity index (χ0v) is 13.7. The number of carboxylic acids is 1. The Morgan fingerprint density at radius 2 is 2.23 bits per heavy atom. The molecule has 0 atom stereocenters. The summed E-state index contributed by atoms with van der Waals surface area (Å²) in [5.41, 5.74) is 1.45. The number of aromatic amines is 1. The molecule has 0 unspecified atom stereocenters. The van der Waals surface area contributed by atoms with Crippen LogP contribution in [0.4, 0.5) is 10.2 Å². The van der Waals surface area contributed by atoms with E-state index >= 15 is 0 Å². The second-order valence-corrected chi connectivity index (χ2v) is 5.75. The molecule has 0 spiro atoms. The highest BCUT2D eigenvalue weighted by atomic mass is 19.1. The zero-order chi connectivity index (χ0) is 18.3. The van der Waals surface area contributed by atoms with Crippen molar-refractivity contribution in [1.82, 2.24) is 29.7 Å². The molecule has 4 heterocycles. The van der Waals surface area contributed by atoms with Gasteiger partial charge in [-0.25, -0.2) is 19.3 Å². The number of nitrogens with zero attached hydrogens (tertiary/aromatic N) is 5. The molecule has 0 aromatic carbocycles. The molecular formula is C16H14FN7O2. The van der Waals surface area contributed by atoms with Gasteiger partial charge in [0.25, 0.3) is 0 Å². The van der Waals surface area contributed by atoms with E-state index in [9.17, 15) is 9.18 Å². The van der Waals surface area contributed by atoms with Crippen molar-refractivity contribution < 1.29 is 14.3 Å². The van der Waals surface area contributed by atoms with Crippen LogP contribution >= 0.6 is 0 Å². The average molecular weight is 355 g/mol. The van der Waals surface area contributed by atoms with Gasteiger partial charge in [0, 0.05) is 19.8 Å². The van der Waals surface area contributed by atoms with E-state index in [4.69, 9.17) is 5.11 Å². The van der Waals surface area contributed by atoms with E-state index in [-0.39, 0.29) is 13.0 Å². The normalized spacial score (nSPS) is 11.3. The average Bonchev–Trinajstić information content (AvgIpc) is 3.18. The number of pyridine rings is 1. The predicted octanol–water partition coefficient (Wildman–Crippen LogP) is 1.93. The van der Waals surface area contributed by atoms with E-state index < -0.39 is 11.8 Å². The number of nitrogens with one attached hydrogen (secondary N) is 2. The molecule has 0 aliphatic heterocycles. The van der Waals surface area contributed by atoms with Crippen molar-refractivity contribution in [3.63, 3.8) is 0 Å². The molecule has 26 heavy (non-hydrogen) atoms. The summed E-state index contributed by atoms with van der Waals surface area (Å²) in [6.45, 7) is 0.218. The Labute approximate surface area is 145 Å². The van der Waals surface area contributed by atoms with Crippen LogP contribution < -0.4 is 5.32 Å². The minimum absolute atomic E-state index is 0.0459. The second-order valence-electron chi connectivity index (χ2n) is 5.75. The second kappa shape index (κ2) is 6.06. The first-order valence-corrected chi connectivity index (χ1v) is 7.81. The van der Waals surface area contributed by atoms with Crippen molar-refractivity contribution in [2.24, 2.45) is 7.05 Å². The Balaban J connectivity index is 1.85. The summed E-state index contributed by atoms with van der Waals surface area (Å²) in [7, 11) is 1.84. The van der Waals surface area contributed by atoms with E-state index in [1.165, 1.54) is 6.07 Å². The predicted molar refractivity (Wildman–Crippen MR) is 92.1 cm³/mol. The molecule has 4 rings (SSSR count). The fourth-order valence-electron chi connectivity index (χ4n) is 2.72. The lowest BCUT2D eigenvalue weighted by molar-refractivity contribution is -0.136. The highest BCUT2D eigenvalue weighted by Gasteiger charge is 2.16. The van der Waals surface area contributed by atoms with Crippen LogP contribution in [0.5, 0.6) is 0 Å². The van der Waals surface area contributed by atoms with Gasteiger partial charge in [-0.15, -0.1) is 0 Å². The number of rotatable bonds is 5. The van der Waals surface area contributed by atoms with Gasteiger partial charge < -0.3 is 15.0 Å². The van der Waals surface area contributed by atoms with E-state index in [1.807, 2.05) is 23.9 Å². The summed E-state index contributed by atoms with van der Waals surface area (Å²) in [5, 5.41) is 19.9. The first-order chi connectivity index (χ1) is 12.5. The number of halogens is 1. The first-order valence-electron chi connectivity index (χ1n) is 7.81. The maximum Gasteiger partial charge on any atom is 0.305 e. The van der Waals surface area contributed by atoms with E-state index in [0.717, 1.165) is 11.6 Å². The number of carbonyl (C=O) groups is 1. The molecule has 10 heteroatoms. The topological polar surface area (TPSA) is 122 Å². The van der Waals surface area contributed by atoms with Crippen molar-refractivity contribution in [2.45, 2.75) is 6.42 Å². The van der Waals surface area contributed by atoms with Gasteiger partial charge in [0.2, 0.25) is 0 Å². The lowest BCUT2D eigenvalue weighted by Gasteiger charge is -2.08. The molecule has 3 N–H and O–H groups in total. The van der Waals surface area contributed by atoms with Crippen LogP contribution in [0.25, 0.3) is 33.6 Å². The number of hydrogen-bond acceptors (Lipinski definition) is 6. The van der Waals surface area contributed by atoms with E-state index in [2.05, 4.69) is 30.5 Å². The SMILES string of the molecule is Cn1ccc2c(NCCC(=O)O)nc(-c3[nH]nc4ncc(F)cc34)nc21. The van der Waals surface area contributed by atoms with Gasteiger partial charge in [0.15, 0.2) is 11.5 Å². The number of carboxylic acid groups (broad SMARTS) is 1. The molecule has 4 aromatic rings. The number of H-pyrrole nitrogens is 1. The van der Waals surface area contributed by atoms with E-state index in [0.29, 0.717) is 34.0 Å². The number of aliphatic carboxylic acids is 1. The van der Waals surface area contributed by atoms with Crippen molar-refractivity contribution in [1.29, 1.82) is 0 Å². The fourth-order valence-corrected chi connectivity index (χ4v) is 2.72. The van der Waals surface area contributed by atoms with E-state index in [1.54, 1.807) is 0 Å². The summed E-state index contributed by atoms with van der Waals surface area (Å²) in [5.74, 6) is -0.580. The van der Waals surface area contributed by atoms with Crippen LogP contribution in [0.3, 0.4) is 0 Å². The Hall–Kier alpha value is -3.56. The van der Waals surface area contributed by atoms with Gasteiger partial charge in [-0.1, -0.05) is 0 Å². The van der Waals surface area contributed by atoms with Crippen LogP contribution in [-0.2, 0) is 11.8 Å². The van der Waals surface area contributed by atoms with Crippen LogP contribution in [0, 0.1) is 5.82 Å². The molecule has 4 aromatic heterocycles. The highest BCUT2D eigenvalue weighted by Crippen LogP contribution is 2.28. The van der Waals surface area contributed by atoms with Crippen LogP contribution in [-0.4, -0.2) is 47.3 Å². The summed E-state index contributed by atoms with van der Waals surface area (Å²) in [6, 6.07) is 3.16. The first kappa shape index (κ1) is 15.9. The minimum Gasteiger partial charge on any atom is -0.481 e. The van der Waals surface area contributed by atoms with Gasteiger partial charge in [-0.3, -0.25) is 9.89 Å². The van der Waals surface area contributed by atoms with Crippen LogP contribution in [0.2, 0.25) is 0 Å². The number of aromatic nitrogens is 6. The molecule has 0 aliphatic carbocycles. The van der Waals surface area contributed by atoms with Crippen molar-refractivity contribution in [3.8, 4) is 11.5 Å². The van der Waals surface area contributed by atoms with Crippen LogP contribution in [0.15, 0.2) is 24.5 Å². The molecule has 0 amide bonds. The van der Waals surface area contributed by atoms with Crippen molar-refractivity contribution in [3.05, 3.63) is 30.3 Å². The number of aryl methyl sites for hydroxylation is 1. The fraction of sp³-hybridized carbons (Fsp3) is 0.188. The Morgan fingerprint density at radius 1 is 1.38 bits per heavy atom. The maximum atomic E-state index is 13.6. The Morgan fingerprint density at radius 3 is 3.04 bits per heavy atom. The van der Waals surface area contributed by atoms with Gasteiger partial charge >= 0.3 is 5.97 Å². The molecule has 0 radical (unpaired) electrons. The number of fused-ring (bicyclic) bond motifs is 2. The molecule has 0 aliphatic rings. The third-order valence-corrected chi connectivity index (χ3v) is 3.96.